The Morgan fingerprint density at radius 3 is 2.73 bits per heavy atom. The average Bonchev–Trinajstić information content (AvgIpc) is 2.50. The lowest BCUT2D eigenvalue weighted by molar-refractivity contribution is -0.123. The van der Waals surface area contributed by atoms with E-state index in [1.54, 1.807) is 24.4 Å². The van der Waals surface area contributed by atoms with E-state index in [0.717, 1.165) is 15.6 Å². The van der Waals surface area contributed by atoms with Crippen LogP contribution in [0, 0.1) is 6.92 Å². The van der Waals surface area contributed by atoms with Crippen molar-refractivity contribution in [1.29, 1.82) is 0 Å². The number of carbonyl (C=O) groups is 1. The molecule has 0 saturated heterocycles. The van der Waals surface area contributed by atoms with E-state index >= 15 is 0 Å². The van der Waals surface area contributed by atoms with Crippen LogP contribution in [-0.4, -0.2) is 18.7 Å². The molecule has 4 nitrogen and oxygen atoms in total. The Morgan fingerprint density at radius 2 is 2.05 bits per heavy atom. The SMILES string of the molecule is Cc1cc(OCC(=O)NN=Cc2ccc(Br)cc2)ccc1Cl. The molecule has 0 saturated carbocycles. The number of hydrogen-bond acceptors (Lipinski definition) is 3. The first-order valence-electron chi connectivity index (χ1n) is 6.51. The van der Waals surface area contributed by atoms with E-state index in [1.807, 2.05) is 31.2 Å². The Bertz CT molecular complexity index is 687. The van der Waals surface area contributed by atoms with Crippen molar-refractivity contribution in [2.75, 3.05) is 6.61 Å². The normalized spacial score (nSPS) is 10.7. The quantitative estimate of drug-likeness (QED) is 0.630. The number of hydrazone groups is 1. The Hall–Kier alpha value is -1.85. The van der Waals surface area contributed by atoms with Gasteiger partial charge < -0.3 is 4.74 Å². The molecule has 0 heterocycles. The van der Waals surface area contributed by atoms with Crippen LogP contribution >= 0.6 is 27.5 Å². The van der Waals surface area contributed by atoms with E-state index < -0.39 is 0 Å². The minimum absolute atomic E-state index is 0.112. The van der Waals surface area contributed by atoms with E-state index in [-0.39, 0.29) is 12.5 Å². The van der Waals surface area contributed by atoms with E-state index in [4.69, 9.17) is 16.3 Å². The van der Waals surface area contributed by atoms with Gasteiger partial charge in [0, 0.05) is 9.50 Å². The van der Waals surface area contributed by atoms with Gasteiger partial charge in [-0.3, -0.25) is 4.79 Å². The van der Waals surface area contributed by atoms with Crippen LogP contribution in [-0.2, 0) is 4.79 Å². The molecule has 0 aliphatic carbocycles. The lowest BCUT2D eigenvalue weighted by Crippen LogP contribution is -2.24. The summed E-state index contributed by atoms with van der Waals surface area (Å²) in [4.78, 5) is 11.6. The molecule has 0 aliphatic heterocycles. The van der Waals surface area contributed by atoms with E-state index in [2.05, 4.69) is 26.5 Å². The third-order valence-corrected chi connectivity index (χ3v) is 3.72. The average molecular weight is 382 g/mol. The fourth-order valence-electron chi connectivity index (χ4n) is 1.62. The van der Waals surface area contributed by atoms with Gasteiger partial charge in [-0.2, -0.15) is 5.10 Å². The van der Waals surface area contributed by atoms with Gasteiger partial charge in [0.2, 0.25) is 0 Å². The van der Waals surface area contributed by atoms with Crippen LogP contribution < -0.4 is 10.2 Å². The van der Waals surface area contributed by atoms with Crippen LogP contribution in [0.4, 0.5) is 0 Å². The third-order valence-electron chi connectivity index (χ3n) is 2.77. The van der Waals surface area contributed by atoms with Crippen LogP contribution in [0.5, 0.6) is 5.75 Å². The van der Waals surface area contributed by atoms with Gasteiger partial charge in [-0.15, -0.1) is 0 Å². The number of rotatable bonds is 5. The summed E-state index contributed by atoms with van der Waals surface area (Å²) in [6.07, 6.45) is 1.57. The zero-order chi connectivity index (χ0) is 15.9. The molecule has 0 aliphatic rings. The molecule has 1 N–H and O–H groups in total. The summed E-state index contributed by atoms with van der Waals surface area (Å²) in [6.45, 7) is 1.76. The highest BCUT2D eigenvalue weighted by atomic mass is 79.9. The monoisotopic (exact) mass is 380 g/mol. The second-order valence-electron chi connectivity index (χ2n) is 4.54. The molecule has 1 amide bonds. The van der Waals surface area contributed by atoms with Crippen molar-refractivity contribution in [1.82, 2.24) is 5.43 Å². The molecule has 2 rings (SSSR count). The van der Waals surface area contributed by atoms with Crippen molar-refractivity contribution in [2.24, 2.45) is 5.10 Å². The standard InChI is InChI=1S/C16H14BrClN2O2/c1-11-8-14(6-7-15(11)18)22-10-16(21)20-19-9-12-2-4-13(17)5-3-12/h2-9H,10H2,1H3,(H,20,21). The summed E-state index contributed by atoms with van der Waals surface area (Å²) in [6, 6.07) is 12.8. The Morgan fingerprint density at radius 1 is 1.32 bits per heavy atom. The van der Waals surface area contributed by atoms with Gasteiger partial charge in [0.25, 0.3) is 5.91 Å². The summed E-state index contributed by atoms with van der Waals surface area (Å²) in [5.41, 5.74) is 4.19. The van der Waals surface area contributed by atoms with Gasteiger partial charge in [0.15, 0.2) is 6.61 Å². The summed E-state index contributed by atoms with van der Waals surface area (Å²) in [7, 11) is 0. The maximum Gasteiger partial charge on any atom is 0.277 e. The number of amides is 1. The molecule has 0 unspecified atom stereocenters. The topological polar surface area (TPSA) is 50.7 Å². The minimum atomic E-state index is -0.332. The highest BCUT2D eigenvalue weighted by Gasteiger charge is 2.03. The van der Waals surface area contributed by atoms with Crippen LogP contribution in [0.3, 0.4) is 0 Å². The first-order chi connectivity index (χ1) is 10.5. The lowest BCUT2D eigenvalue weighted by Gasteiger charge is -2.06. The largest absolute Gasteiger partial charge is 0.484 e. The molecular weight excluding hydrogens is 368 g/mol. The van der Waals surface area contributed by atoms with Crippen molar-refractivity contribution >= 4 is 39.7 Å². The zero-order valence-corrected chi connectivity index (χ0v) is 14.2. The first-order valence-corrected chi connectivity index (χ1v) is 7.68. The number of hydrogen-bond donors (Lipinski definition) is 1. The van der Waals surface area contributed by atoms with Crippen molar-refractivity contribution in [3.05, 3.63) is 63.1 Å². The number of nitrogens with one attached hydrogen (secondary N) is 1. The fraction of sp³-hybridized carbons (Fsp3) is 0.125. The highest BCUT2D eigenvalue weighted by Crippen LogP contribution is 2.20. The van der Waals surface area contributed by atoms with Crippen molar-refractivity contribution in [2.45, 2.75) is 6.92 Å². The van der Waals surface area contributed by atoms with Crippen molar-refractivity contribution < 1.29 is 9.53 Å². The van der Waals surface area contributed by atoms with Gasteiger partial charge in [0.05, 0.1) is 6.21 Å². The molecule has 22 heavy (non-hydrogen) atoms. The van der Waals surface area contributed by atoms with Crippen LogP contribution in [0.25, 0.3) is 0 Å². The van der Waals surface area contributed by atoms with E-state index in [0.29, 0.717) is 10.8 Å². The molecule has 0 radical (unpaired) electrons. The fourth-order valence-corrected chi connectivity index (χ4v) is 2.00. The molecule has 0 fully saturated rings. The number of halogens is 2. The number of carbonyl (C=O) groups excluding carboxylic acids is 1. The Kier molecular flexibility index (Phi) is 5.98. The molecule has 0 aromatic heterocycles. The predicted molar refractivity (Wildman–Crippen MR) is 91.6 cm³/mol. The molecule has 114 valence electrons. The first kappa shape index (κ1) is 16.5. The van der Waals surface area contributed by atoms with Gasteiger partial charge >= 0.3 is 0 Å². The number of nitrogens with zero attached hydrogens (tertiary/aromatic N) is 1. The summed E-state index contributed by atoms with van der Waals surface area (Å²) in [5, 5.41) is 4.54. The molecule has 6 heteroatoms. The zero-order valence-electron chi connectivity index (χ0n) is 11.8. The Balaban J connectivity index is 1.80. The summed E-state index contributed by atoms with van der Waals surface area (Å²) < 4.78 is 6.36. The molecule has 0 spiro atoms. The lowest BCUT2D eigenvalue weighted by atomic mass is 10.2. The van der Waals surface area contributed by atoms with E-state index in [1.165, 1.54) is 0 Å². The van der Waals surface area contributed by atoms with Crippen LogP contribution in [0.2, 0.25) is 5.02 Å². The second-order valence-corrected chi connectivity index (χ2v) is 5.87. The predicted octanol–water partition coefficient (Wildman–Crippen LogP) is 3.94. The maximum atomic E-state index is 11.6. The number of aryl methyl sites for hydroxylation is 1. The summed E-state index contributed by atoms with van der Waals surface area (Å²) in [5.74, 6) is 0.259. The molecule has 2 aromatic carbocycles. The van der Waals surface area contributed by atoms with Gasteiger partial charge in [-0.25, -0.2) is 5.43 Å². The van der Waals surface area contributed by atoms with E-state index in [9.17, 15) is 4.79 Å². The minimum Gasteiger partial charge on any atom is -0.484 e. The summed E-state index contributed by atoms with van der Waals surface area (Å²) >= 11 is 9.27. The number of benzene rings is 2. The van der Waals surface area contributed by atoms with Crippen LogP contribution in [0.15, 0.2) is 52.0 Å². The Labute approximate surface area is 142 Å². The van der Waals surface area contributed by atoms with Crippen LogP contribution in [0.1, 0.15) is 11.1 Å². The second kappa shape index (κ2) is 7.96. The highest BCUT2D eigenvalue weighted by molar-refractivity contribution is 9.10. The molecule has 0 atom stereocenters. The number of ether oxygens (including phenoxy) is 1. The third kappa shape index (κ3) is 5.16. The molecule has 2 aromatic rings. The maximum absolute atomic E-state index is 11.6. The molecule has 0 bridgehead atoms. The smallest absolute Gasteiger partial charge is 0.277 e. The van der Waals surface area contributed by atoms with Gasteiger partial charge in [0.1, 0.15) is 5.75 Å². The molecular formula is C16H14BrClN2O2. The van der Waals surface area contributed by atoms with Gasteiger partial charge in [-0.05, 0) is 48.4 Å². The van der Waals surface area contributed by atoms with Gasteiger partial charge in [-0.1, -0.05) is 39.7 Å². The van der Waals surface area contributed by atoms with Crippen molar-refractivity contribution in [3.63, 3.8) is 0 Å². The van der Waals surface area contributed by atoms with Crippen molar-refractivity contribution in [3.8, 4) is 5.75 Å².